The fraction of sp³-hybridized carbons (Fsp3) is 0.419. The molecular weight excluding hydrogens is 615 g/mol. The highest BCUT2D eigenvalue weighted by Gasteiger charge is 2.54. The number of benzene rings is 2. The number of carboxylic acid groups (broad SMARTS) is 1. The molecule has 1 aliphatic heterocycles. The zero-order valence-corrected chi connectivity index (χ0v) is 26.4. The Bertz CT molecular complexity index is 1530. The largest absolute Gasteiger partial charge is 0.481 e. The molecule has 0 radical (unpaired) electrons. The predicted molar refractivity (Wildman–Crippen MR) is 167 cm³/mol. The molecule has 11 heteroatoms. The van der Waals surface area contributed by atoms with E-state index in [4.69, 9.17) is 23.2 Å². The zero-order chi connectivity index (χ0) is 30.1. The second-order valence-corrected chi connectivity index (χ2v) is 15.4. The van der Waals surface area contributed by atoms with Crippen LogP contribution >= 0.6 is 34.5 Å². The van der Waals surface area contributed by atoms with Crippen molar-refractivity contribution >= 4 is 56.4 Å². The van der Waals surface area contributed by atoms with Crippen LogP contribution in [0.25, 0.3) is 0 Å². The first kappa shape index (κ1) is 31.0. The molecule has 0 spiro atoms. The van der Waals surface area contributed by atoms with Crippen LogP contribution in [0.4, 0.5) is 0 Å². The fourth-order valence-corrected chi connectivity index (χ4v) is 8.41. The standard InChI is InChI=1S/C31H34Cl2N2O5S2/c1-31(18-28(36)37)17-26(22-4-2-5-24(33)16-22)29(21-9-11-23(32)12-10-21)35(30(31)38)27(20-7-8-20)19-34-42(39,40)15-13-25-6-3-14-41-25/h2-6,9-12,14,16,20,26-27,29,34H,7-8,13,15,17-19H2,1H3,(H,36,37)/t26-,27-,29-,31-/m1/s1. The first-order valence-electron chi connectivity index (χ1n) is 14.0. The molecule has 1 saturated heterocycles. The first-order chi connectivity index (χ1) is 20.0. The SMILES string of the molecule is C[C@]1(CC(=O)O)C[C@H](c2cccc(Cl)c2)[C@@H](c2ccc(Cl)cc2)N([C@H](CNS(=O)(=O)CCc2cccs2)C2CC2)C1=O. The Morgan fingerprint density at radius 3 is 2.45 bits per heavy atom. The number of nitrogens with one attached hydrogen (secondary N) is 1. The van der Waals surface area contributed by atoms with Crippen molar-refractivity contribution in [2.75, 3.05) is 12.3 Å². The second-order valence-electron chi connectivity index (χ2n) is 11.6. The summed E-state index contributed by atoms with van der Waals surface area (Å²) < 4.78 is 29.0. The van der Waals surface area contributed by atoms with Gasteiger partial charge in [-0.15, -0.1) is 11.3 Å². The Morgan fingerprint density at radius 1 is 1.10 bits per heavy atom. The smallest absolute Gasteiger partial charge is 0.304 e. The van der Waals surface area contributed by atoms with Crippen molar-refractivity contribution < 1.29 is 23.1 Å². The van der Waals surface area contributed by atoms with Crippen LogP contribution in [0.3, 0.4) is 0 Å². The molecule has 42 heavy (non-hydrogen) atoms. The maximum absolute atomic E-state index is 14.5. The van der Waals surface area contributed by atoms with Crippen LogP contribution in [0.15, 0.2) is 66.0 Å². The lowest BCUT2D eigenvalue weighted by Gasteiger charge is -2.52. The van der Waals surface area contributed by atoms with Gasteiger partial charge in [0.05, 0.1) is 23.6 Å². The Morgan fingerprint density at radius 2 is 1.83 bits per heavy atom. The molecule has 1 amide bonds. The Kier molecular flexibility index (Phi) is 9.35. The van der Waals surface area contributed by atoms with Crippen molar-refractivity contribution in [1.82, 2.24) is 9.62 Å². The third-order valence-corrected chi connectivity index (χ3v) is 11.1. The van der Waals surface area contributed by atoms with Crippen molar-refractivity contribution in [1.29, 1.82) is 0 Å². The van der Waals surface area contributed by atoms with Crippen LogP contribution < -0.4 is 4.72 Å². The van der Waals surface area contributed by atoms with Gasteiger partial charge in [0.1, 0.15) is 0 Å². The average molecular weight is 650 g/mol. The molecule has 5 rings (SSSR count). The molecule has 2 aromatic carbocycles. The number of aryl methyl sites for hydroxylation is 1. The number of sulfonamides is 1. The van der Waals surface area contributed by atoms with E-state index in [0.717, 1.165) is 28.8 Å². The number of hydrogen-bond donors (Lipinski definition) is 2. The molecular formula is C31H34Cl2N2O5S2. The minimum Gasteiger partial charge on any atom is -0.481 e. The molecule has 2 aliphatic rings. The summed E-state index contributed by atoms with van der Waals surface area (Å²) in [4.78, 5) is 29.3. The lowest BCUT2D eigenvalue weighted by molar-refractivity contribution is -0.161. The number of nitrogens with zero attached hydrogens (tertiary/aromatic N) is 1. The number of halogens is 2. The second kappa shape index (κ2) is 12.7. The number of likely N-dealkylation sites (tertiary alicyclic amines) is 1. The van der Waals surface area contributed by atoms with E-state index in [1.807, 2.05) is 47.8 Å². The van der Waals surface area contributed by atoms with E-state index >= 15 is 0 Å². The highest BCUT2D eigenvalue weighted by Crippen LogP contribution is 2.54. The van der Waals surface area contributed by atoms with Gasteiger partial charge in [0.25, 0.3) is 0 Å². The van der Waals surface area contributed by atoms with Crippen molar-refractivity contribution in [3.05, 3.63) is 92.1 Å². The van der Waals surface area contributed by atoms with Gasteiger partial charge in [-0.25, -0.2) is 13.1 Å². The number of piperidine rings is 1. The van der Waals surface area contributed by atoms with Gasteiger partial charge in [0.2, 0.25) is 15.9 Å². The molecule has 2 fully saturated rings. The molecule has 1 aromatic heterocycles. The van der Waals surface area contributed by atoms with Gasteiger partial charge in [-0.05, 0) is 78.4 Å². The summed E-state index contributed by atoms with van der Waals surface area (Å²) in [5, 5.41) is 12.9. The van der Waals surface area contributed by atoms with Crippen LogP contribution in [0.1, 0.15) is 60.6 Å². The summed E-state index contributed by atoms with van der Waals surface area (Å²) in [6.07, 6.45) is 2.08. The molecule has 4 atom stereocenters. The van der Waals surface area contributed by atoms with Crippen LogP contribution in [-0.2, 0) is 26.0 Å². The molecule has 7 nitrogen and oxygen atoms in total. The molecule has 2 heterocycles. The van der Waals surface area contributed by atoms with Crippen LogP contribution in [0.5, 0.6) is 0 Å². The normalized spacial score (nSPS) is 23.6. The number of carbonyl (C=O) groups excluding carboxylic acids is 1. The highest BCUT2D eigenvalue weighted by atomic mass is 35.5. The summed E-state index contributed by atoms with van der Waals surface area (Å²) in [7, 11) is -3.63. The lowest BCUT2D eigenvalue weighted by Crippen LogP contribution is -2.59. The summed E-state index contributed by atoms with van der Waals surface area (Å²) >= 11 is 14.2. The van der Waals surface area contributed by atoms with Gasteiger partial charge in [-0.1, -0.05) is 60.5 Å². The van der Waals surface area contributed by atoms with Crippen molar-refractivity contribution in [2.24, 2.45) is 11.3 Å². The number of thiophene rings is 1. The van der Waals surface area contributed by atoms with E-state index in [0.29, 0.717) is 22.9 Å². The van der Waals surface area contributed by atoms with Crippen molar-refractivity contribution in [3.8, 4) is 0 Å². The van der Waals surface area contributed by atoms with E-state index in [2.05, 4.69) is 4.72 Å². The number of hydrogen-bond acceptors (Lipinski definition) is 5. The number of aliphatic carboxylic acids is 1. The Labute approximate surface area is 260 Å². The maximum Gasteiger partial charge on any atom is 0.304 e. The van der Waals surface area contributed by atoms with E-state index in [1.165, 1.54) is 11.3 Å². The molecule has 0 unspecified atom stereocenters. The first-order valence-corrected chi connectivity index (χ1v) is 17.3. The van der Waals surface area contributed by atoms with Crippen molar-refractivity contribution in [3.63, 3.8) is 0 Å². The summed E-state index contributed by atoms with van der Waals surface area (Å²) in [5.74, 6) is -1.59. The minimum atomic E-state index is -3.63. The lowest BCUT2D eigenvalue weighted by atomic mass is 9.67. The zero-order valence-electron chi connectivity index (χ0n) is 23.2. The molecule has 1 saturated carbocycles. The monoisotopic (exact) mass is 648 g/mol. The molecule has 1 aliphatic carbocycles. The predicted octanol–water partition coefficient (Wildman–Crippen LogP) is 6.53. The van der Waals surface area contributed by atoms with Crippen LogP contribution in [0.2, 0.25) is 10.0 Å². The third-order valence-electron chi connectivity index (χ3n) is 8.36. The van der Waals surface area contributed by atoms with Crippen LogP contribution in [-0.4, -0.2) is 48.6 Å². The summed E-state index contributed by atoms with van der Waals surface area (Å²) in [6.45, 7) is 1.76. The fourth-order valence-electron chi connectivity index (χ4n) is 6.19. The maximum atomic E-state index is 14.5. The molecule has 0 bridgehead atoms. The molecule has 224 valence electrons. The number of carbonyl (C=O) groups is 2. The van der Waals surface area contributed by atoms with Gasteiger partial charge in [-0.2, -0.15) is 0 Å². The summed E-state index contributed by atoms with van der Waals surface area (Å²) in [6, 6.07) is 17.7. The highest BCUT2D eigenvalue weighted by molar-refractivity contribution is 7.89. The quantitative estimate of drug-likeness (QED) is 0.232. The van der Waals surface area contributed by atoms with E-state index in [9.17, 15) is 23.1 Å². The van der Waals surface area contributed by atoms with E-state index < -0.39 is 33.5 Å². The van der Waals surface area contributed by atoms with Gasteiger partial charge >= 0.3 is 5.97 Å². The number of carboxylic acids is 1. The van der Waals surface area contributed by atoms with Gasteiger partial charge < -0.3 is 10.0 Å². The number of amides is 1. The van der Waals surface area contributed by atoms with Gasteiger partial charge in [0.15, 0.2) is 0 Å². The Hall–Kier alpha value is -2.43. The number of rotatable bonds is 12. The molecule has 3 aromatic rings. The van der Waals surface area contributed by atoms with Crippen molar-refractivity contribution in [2.45, 2.75) is 57.0 Å². The Balaban J connectivity index is 1.55. The summed E-state index contributed by atoms with van der Waals surface area (Å²) in [5.41, 5.74) is 0.538. The van der Waals surface area contributed by atoms with Gasteiger partial charge in [-0.3, -0.25) is 9.59 Å². The topological polar surface area (TPSA) is 104 Å². The van der Waals surface area contributed by atoms with E-state index in [1.54, 1.807) is 30.0 Å². The van der Waals surface area contributed by atoms with E-state index in [-0.39, 0.29) is 36.5 Å². The van der Waals surface area contributed by atoms with Crippen LogP contribution in [0, 0.1) is 11.3 Å². The van der Waals surface area contributed by atoms with Gasteiger partial charge in [0, 0.05) is 33.4 Å². The third kappa shape index (κ3) is 7.19. The molecule has 2 N–H and O–H groups in total. The average Bonchev–Trinajstić information content (AvgIpc) is 3.63. The minimum absolute atomic E-state index is 0.0542.